The Morgan fingerprint density at radius 3 is 2.54 bits per heavy atom. The van der Waals surface area contributed by atoms with Crippen molar-refractivity contribution in [1.29, 1.82) is 0 Å². The van der Waals surface area contributed by atoms with Crippen molar-refractivity contribution in [3.63, 3.8) is 0 Å². The van der Waals surface area contributed by atoms with Crippen molar-refractivity contribution >= 4 is 11.8 Å². The van der Waals surface area contributed by atoms with Crippen LogP contribution < -0.4 is 16.8 Å². The van der Waals surface area contributed by atoms with Gasteiger partial charge in [-0.1, -0.05) is 6.08 Å². The Morgan fingerprint density at radius 1 is 1.46 bits per heavy atom. The zero-order valence-corrected chi connectivity index (χ0v) is 6.65. The maximum Gasteiger partial charge on any atom is 0.274 e. The van der Waals surface area contributed by atoms with Crippen LogP contribution in [0.1, 0.15) is 0 Å². The quantitative estimate of drug-likeness (QED) is 0.384. The van der Waals surface area contributed by atoms with Crippen LogP contribution in [0.5, 0.6) is 0 Å². The normalized spacial score (nSPS) is 26.1. The largest absolute Gasteiger partial charge is 0.365 e. The molecule has 6 heteroatoms. The second kappa shape index (κ2) is 2.91. The molecule has 70 valence electrons. The van der Waals surface area contributed by atoms with Gasteiger partial charge in [0.2, 0.25) is 5.72 Å². The van der Waals surface area contributed by atoms with Crippen molar-refractivity contribution < 1.29 is 14.7 Å². The number of hydrogen-bond acceptors (Lipinski definition) is 4. The molecular weight excluding hydrogens is 174 g/mol. The van der Waals surface area contributed by atoms with Gasteiger partial charge in [0, 0.05) is 0 Å². The molecule has 1 unspecified atom stereocenters. The molecule has 6 N–H and O–H groups in total. The predicted molar refractivity (Wildman–Crippen MR) is 43.7 cm³/mol. The lowest BCUT2D eigenvalue weighted by Crippen LogP contribution is -2.55. The number of hydrogen-bond donors (Lipinski definition) is 4. The molecule has 1 aliphatic rings. The van der Waals surface area contributed by atoms with Crippen molar-refractivity contribution in [1.82, 2.24) is 5.32 Å². The highest BCUT2D eigenvalue weighted by atomic mass is 16.3. The van der Waals surface area contributed by atoms with Gasteiger partial charge in [-0.05, 0) is 12.2 Å². The number of nitrogens with one attached hydrogen (secondary N) is 1. The first-order chi connectivity index (χ1) is 5.96. The van der Waals surface area contributed by atoms with Gasteiger partial charge in [-0.25, -0.2) is 0 Å². The molecule has 1 heterocycles. The van der Waals surface area contributed by atoms with E-state index in [1.54, 1.807) is 0 Å². The first-order valence-corrected chi connectivity index (χ1v) is 3.45. The van der Waals surface area contributed by atoms with Gasteiger partial charge in [0.1, 0.15) is 5.70 Å². The van der Waals surface area contributed by atoms with Gasteiger partial charge in [-0.2, -0.15) is 0 Å². The van der Waals surface area contributed by atoms with E-state index in [0.717, 1.165) is 6.08 Å². The lowest BCUT2D eigenvalue weighted by atomic mass is 10.1. The minimum absolute atomic E-state index is 0.0659. The molecule has 13 heavy (non-hydrogen) atoms. The smallest absolute Gasteiger partial charge is 0.274 e. The molecule has 0 aliphatic carbocycles. The van der Waals surface area contributed by atoms with E-state index in [1.165, 1.54) is 12.2 Å². The van der Waals surface area contributed by atoms with E-state index in [9.17, 15) is 14.7 Å². The van der Waals surface area contributed by atoms with Crippen molar-refractivity contribution in [3.8, 4) is 0 Å². The predicted octanol–water partition coefficient (Wildman–Crippen LogP) is -2.31. The summed E-state index contributed by atoms with van der Waals surface area (Å²) in [5, 5.41) is 11.7. The summed E-state index contributed by atoms with van der Waals surface area (Å²) in [6.45, 7) is 0. The van der Waals surface area contributed by atoms with Gasteiger partial charge < -0.3 is 21.9 Å². The Labute approximate surface area is 73.9 Å². The summed E-state index contributed by atoms with van der Waals surface area (Å²) >= 11 is 0. The molecule has 0 radical (unpaired) electrons. The monoisotopic (exact) mass is 183 g/mol. The molecule has 0 aromatic carbocycles. The highest BCUT2D eigenvalue weighted by molar-refractivity contribution is 5.94. The summed E-state index contributed by atoms with van der Waals surface area (Å²) in [5.74, 6) is -1.78. The molecule has 0 aromatic heterocycles. The van der Waals surface area contributed by atoms with Crippen LogP contribution in [0.3, 0.4) is 0 Å². The number of carbonyl (C=O) groups is 2. The van der Waals surface area contributed by atoms with Crippen LogP contribution >= 0.6 is 0 Å². The standard InChI is InChI=1S/C7H9N3O3/c8-5(11)4-2-1-3-7(13,10-4)6(9)12/h1-3,10,13H,(H2,8,11)(H2,9,12). The highest BCUT2D eigenvalue weighted by Crippen LogP contribution is 2.10. The van der Waals surface area contributed by atoms with Gasteiger partial charge in [0.05, 0.1) is 0 Å². The maximum absolute atomic E-state index is 10.7. The van der Waals surface area contributed by atoms with Crippen LogP contribution in [0.15, 0.2) is 23.9 Å². The molecular formula is C7H9N3O3. The minimum Gasteiger partial charge on any atom is -0.365 e. The fraction of sp³-hybridized carbons (Fsp3) is 0.143. The number of primary amides is 2. The average Bonchev–Trinajstić information content (AvgIpc) is 2.04. The summed E-state index contributed by atoms with van der Waals surface area (Å²) in [6.07, 6.45) is 3.78. The molecule has 0 saturated heterocycles. The summed E-state index contributed by atoms with van der Waals surface area (Å²) in [7, 11) is 0. The average molecular weight is 183 g/mol. The van der Waals surface area contributed by atoms with Crippen LogP contribution in [0.25, 0.3) is 0 Å². The van der Waals surface area contributed by atoms with Gasteiger partial charge in [-0.15, -0.1) is 0 Å². The SMILES string of the molecule is NC(=O)C1=CC=CC(O)(C(N)=O)N1. The Bertz CT molecular complexity index is 321. The van der Waals surface area contributed by atoms with E-state index in [1.807, 2.05) is 0 Å². The third kappa shape index (κ3) is 1.67. The first-order valence-electron chi connectivity index (χ1n) is 3.45. The number of allylic oxidation sites excluding steroid dienone is 2. The Balaban J connectivity index is 2.92. The second-order valence-electron chi connectivity index (χ2n) is 2.56. The van der Waals surface area contributed by atoms with Gasteiger partial charge in [0.15, 0.2) is 0 Å². The minimum atomic E-state index is -2.03. The van der Waals surface area contributed by atoms with Crippen LogP contribution in [0.4, 0.5) is 0 Å². The lowest BCUT2D eigenvalue weighted by molar-refractivity contribution is -0.134. The van der Waals surface area contributed by atoms with Crippen LogP contribution in [-0.4, -0.2) is 22.6 Å². The van der Waals surface area contributed by atoms with Crippen LogP contribution in [0.2, 0.25) is 0 Å². The van der Waals surface area contributed by atoms with E-state index in [-0.39, 0.29) is 5.70 Å². The van der Waals surface area contributed by atoms with E-state index >= 15 is 0 Å². The number of nitrogens with two attached hydrogens (primary N) is 2. The van der Waals surface area contributed by atoms with Gasteiger partial charge in [0.25, 0.3) is 11.8 Å². The third-order valence-corrected chi connectivity index (χ3v) is 1.57. The van der Waals surface area contributed by atoms with Crippen molar-refractivity contribution in [2.45, 2.75) is 5.72 Å². The summed E-state index contributed by atoms with van der Waals surface area (Å²) in [4.78, 5) is 21.4. The number of carbonyl (C=O) groups excluding carboxylic acids is 2. The fourth-order valence-electron chi connectivity index (χ4n) is 0.860. The topological polar surface area (TPSA) is 118 Å². The van der Waals surface area contributed by atoms with Crippen LogP contribution in [-0.2, 0) is 9.59 Å². The molecule has 1 aliphatic heterocycles. The maximum atomic E-state index is 10.7. The second-order valence-corrected chi connectivity index (χ2v) is 2.56. The Hall–Kier alpha value is -1.82. The molecule has 0 aromatic rings. The van der Waals surface area contributed by atoms with E-state index < -0.39 is 17.5 Å². The van der Waals surface area contributed by atoms with Crippen molar-refractivity contribution in [2.75, 3.05) is 0 Å². The van der Waals surface area contributed by atoms with E-state index in [4.69, 9.17) is 11.5 Å². The van der Waals surface area contributed by atoms with Gasteiger partial charge in [-0.3, -0.25) is 9.59 Å². The van der Waals surface area contributed by atoms with Crippen LogP contribution in [0, 0.1) is 0 Å². The Kier molecular flexibility index (Phi) is 2.07. The van der Waals surface area contributed by atoms with Crippen molar-refractivity contribution in [2.24, 2.45) is 11.5 Å². The third-order valence-electron chi connectivity index (χ3n) is 1.57. The molecule has 0 fully saturated rings. The number of aliphatic hydroxyl groups is 1. The summed E-state index contributed by atoms with van der Waals surface area (Å²) < 4.78 is 0. The zero-order chi connectivity index (χ0) is 10.1. The van der Waals surface area contributed by atoms with Crippen molar-refractivity contribution in [3.05, 3.63) is 23.9 Å². The van der Waals surface area contributed by atoms with Gasteiger partial charge >= 0.3 is 0 Å². The molecule has 0 spiro atoms. The number of amides is 2. The van der Waals surface area contributed by atoms with E-state index in [0.29, 0.717) is 0 Å². The molecule has 0 saturated carbocycles. The molecule has 1 atom stereocenters. The molecule has 1 rings (SSSR count). The summed E-state index contributed by atoms with van der Waals surface area (Å²) in [5.41, 5.74) is 7.71. The number of rotatable bonds is 2. The lowest BCUT2D eigenvalue weighted by Gasteiger charge is -2.25. The number of dihydropyridines is 1. The molecule has 0 bridgehead atoms. The molecule has 2 amide bonds. The Morgan fingerprint density at radius 2 is 2.08 bits per heavy atom. The zero-order valence-electron chi connectivity index (χ0n) is 6.65. The fourth-order valence-corrected chi connectivity index (χ4v) is 0.860. The van der Waals surface area contributed by atoms with E-state index in [2.05, 4.69) is 5.32 Å². The first kappa shape index (κ1) is 9.27. The molecule has 6 nitrogen and oxygen atoms in total. The summed E-state index contributed by atoms with van der Waals surface area (Å²) in [6, 6.07) is 0. The highest BCUT2D eigenvalue weighted by Gasteiger charge is 2.33.